The molecule has 1 unspecified atom stereocenters. The average molecular weight is 249 g/mol. The number of carboxylic acids is 1. The highest BCUT2D eigenvalue weighted by Gasteiger charge is 2.36. The van der Waals surface area contributed by atoms with E-state index in [0.717, 1.165) is 12.0 Å². The highest BCUT2D eigenvalue weighted by Crippen LogP contribution is 2.33. The van der Waals surface area contributed by atoms with Crippen molar-refractivity contribution < 1.29 is 19.8 Å². The lowest BCUT2D eigenvalue weighted by Crippen LogP contribution is -2.25. The van der Waals surface area contributed by atoms with Crippen LogP contribution in [-0.4, -0.2) is 28.6 Å². The molecule has 1 aliphatic rings. The molecule has 1 fully saturated rings. The standard InChI is InChI=1S/C13H15NO4/c1-2-8-3-4-11(15)10(5-8)14-7-9(13(17)18)6-12(14)16/h3-5,9,15H,2,6-7H2,1H3,(H,17,18). The molecule has 0 aliphatic carbocycles. The Balaban J connectivity index is 2.32. The number of hydrogen-bond acceptors (Lipinski definition) is 3. The fourth-order valence-corrected chi connectivity index (χ4v) is 2.11. The van der Waals surface area contributed by atoms with Crippen molar-refractivity contribution in [1.82, 2.24) is 0 Å². The molecule has 1 aromatic carbocycles. The molecule has 0 radical (unpaired) electrons. The predicted octanol–water partition coefficient (Wildman–Crippen LogP) is 1.39. The number of rotatable bonds is 3. The van der Waals surface area contributed by atoms with E-state index in [1.54, 1.807) is 12.1 Å². The summed E-state index contributed by atoms with van der Waals surface area (Å²) in [6, 6.07) is 5.06. The molecule has 0 spiro atoms. The molecule has 5 heteroatoms. The van der Waals surface area contributed by atoms with Crippen molar-refractivity contribution in [3.05, 3.63) is 23.8 Å². The van der Waals surface area contributed by atoms with Gasteiger partial charge in [0.05, 0.1) is 11.6 Å². The Morgan fingerprint density at radius 3 is 2.78 bits per heavy atom. The van der Waals surface area contributed by atoms with Crippen molar-refractivity contribution in [2.45, 2.75) is 19.8 Å². The van der Waals surface area contributed by atoms with Gasteiger partial charge in [0.1, 0.15) is 5.75 Å². The molecule has 0 aromatic heterocycles. The lowest BCUT2D eigenvalue weighted by molar-refractivity contribution is -0.141. The number of carbonyl (C=O) groups is 2. The van der Waals surface area contributed by atoms with Gasteiger partial charge in [-0.15, -0.1) is 0 Å². The van der Waals surface area contributed by atoms with Gasteiger partial charge in [-0.2, -0.15) is 0 Å². The van der Waals surface area contributed by atoms with Crippen LogP contribution in [0.1, 0.15) is 18.9 Å². The number of phenolic OH excluding ortho intramolecular Hbond substituents is 1. The number of anilines is 1. The lowest BCUT2D eigenvalue weighted by atomic mass is 10.1. The monoisotopic (exact) mass is 249 g/mol. The largest absolute Gasteiger partial charge is 0.506 e. The van der Waals surface area contributed by atoms with Gasteiger partial charge in [-0.05, 0) is 24.1 Å². The smallest absolute Gasteiger partial charge is 0.308 e. The number of nitrogens with zero attached hydrogens (tertiary/aromatic N) is 1. The Morgan fingerprint density at radius 1 is 1.50 bits per heavy atom. The van der Waals surface area contributed by atoms with Crippen molar-refractivity contribution in [1.29, 1.82) is 0 Å². The number of hydrogen-bond donors (Lipinski definition) is 2. The molecule has 1 saturated heterocycles. The Kier molecular flexibility index (Phi) is 3.23. The number of phenols is 1. The van der Waals surface area contributed by atoms with E-state index in [-0.39, 0.29) is 24.6 Å². The first-order chi connectivity index (χ1) is 8.52. The van der Waals surface area contributed by atoms with Crippen LogP contribution in [0.2, 0.25) is 0 Å². The van der Waals surface area contributed by atoms with Gasteiger partial charge in [0.25, 0.3) is 0 Å². The molecule has 0 bridgehead atoms. The second-order valence-corrected chi connectivity index (χ2v) is 4.42. The summed E-state index contributed by atoms with van der Waals surface area (Å²) < 4.78 is 0. The van der Waals surface area contributed by atoms with E-state index in [1.807, 2.05) is 6.92 Å². The van der Waals surface area contributed by atoms with Gasteiger partial charge >= 0.3 is 5.97 Å². The van der Waals surface area contributed by atoms with Crippen LogP contribution in [0.25, 0.3) is 0 Å². The SMILES string of the molecule is CCc1ccc(O)c(N2CC(C(=O)O)CC2=O)c1. The maximum atomic E-state index is 11.8. The first-order valence-electron chi connectivity index (χ1n) is 5.88. The molecular formula is C13H15NO4. The summed E-state index contributed by atoms with van der Waals surface area (Å²) in [5, 5.41) is 18.7. The van der Waals surface area contributed by atoms with Crippen LogP contribution in [-0.2, 0) is 16.0 Å². The summed E-state index contributed by atoms with van der Waals surface area (Å²) in [5.41, 5.74) is 1.40. The average Bonchev–Trinajstić information content (AvgIpc) is 2.72. The summed E-state index contributed by atoms with van der Waals surface area (Å²) >= 11 is 0. The third-order valence-corrected chi connectivity index (χ3v) is 3.21. The van der Waals surface area contributed by atoms with Crippen LogP contribution in [0.5, 0.6) is 5.75 Å². The van der Waals surface area contributed by atoms with E-state index in [0.29, 0.717) is 5.69 Å². The van der Waals surface area contributed by atoms with Crippen molar-refractivity contribution in [2.75, 3.05) is 11.4 Å². The first kappa shape index (κ1) is 12.4. The Bertz CT molecular complexity index is 498. The number of benzene rings is 1. The third-order valence-electron chi connectivity index (χ3n) is 3.21. The zero-order valence-electron chi connectivity index (χ0n) is 10.1. The van der Waals surface area contributed by atoms with Crippen LogP contribution in [0.4, 0.5) is 5.69 Å². The highest BCUT2D eigenvalue weighted by molar-refractivity contribution is 6.00. The molecule has 1 aromatic rings. The zero-order chi connectivity index (χ0) is 13.3. The first-order valence-corrected chi connectivity index (χ1v) is 5.88. The molecule has 2 rings (SSSR count). The number of carboxylic acid groups (broad SMARTS) is 1. The topological polar surface area (TPSA) is 77.8 Å². The Morgan fingerprint density at radius 2 is 2.22 bits per heavy atom. The van der Waals surface area contributed by atoms with E-state index in [4.69, 9.17) is 5.11 Å². The molecule has 1 amide bonds. The van der Waals surface area contributed by atoms with Crippen LogP contribution in [0.3, 0.4) is 0 Å². The summed E-state index contributed by atoms with van der Waals surface area (Å²) in [5.74, 6) is -1.92. The molecule has 2 N–H and O–H groups in total. The van der Waals surface area contributed by atoms with Crippen LogP contribution in [0, 0.1) is 5.92 Å². The molecule has 1 atom stereocenters. The van der Waals surface area contributed by atoms with Crippen LogP contribution in [0.15, 0.2) is 18.2 Å². The van der Waals surface area contributed by atoms with Gasteiger partial charge in [0, 0.05) is 13.0 Å². The predicted molar refractivity (Wildman–Crippen MR) is 65.6 cm³/mol. The van der Waals surface area contributed by atoms with Gasteiger partial charge in [-0.1, -0.05) is 13.0 Å². The minimum absolute atomic E-state index is 0.00610. The summed E-state index contributed by atoms with van der Waals surface area (Å²) in [4.78, 5) is 24.0. The molecular weight excluding hydrogens is 234 g/mol. The summed E-state index contributed by atoms with van der Waals surface area (Å²) in [7, 11) is 0. The summed E-state index contributed by atoms with van der Waals surface area (Å²) in [6.07, 6.45) is 0.781. The number of carbonyl (C=O) groups excluding carboxylic acids is 1. The fourth-order valence-electron chi connectivity index (χ4n) is 2.11. The van der Waals surface area contributed by atoms with Gasteiger partial charge in [-0.3, -0.25) is 9.59 Å². The zero-order valence-corrected chi connectivity index (χ0v) is 10.1. The number of amides is 1. The van der Waals surface area contributed by atoms with Gasteiger partial charge in [0.15, 0.2) is 0 Å². The maximum absolute atomic E-state index is 11.8. The molecule has 96 valence electrons. The van der Waals surface area contributed by atoms with E-state index in [9.17, 15) is 14.7 Å². The number of aromatic hydroxyl groups is 1. The van der Waals surface area contributed by atoms with E-state index in [2.05, 4.69) is 0 Å². The molecule has 18 heavy (non-hydrogen) atoms. The quantitative estimate of drug-likeness (QED) is 0.848. The fraction of sp³-hybridized carbons (Fsp3) is 0.385. The second kappa shape index (κ2) is 4.68. The highest BCUT2D eigenvalue weighted by atomic mass is 16.4. The van der Waals surface area contributed by atoms with Crippen molar-refractivity contribution >= 4 is 17.6 Å². The van der Waals surface area contributed by atoms with Crippen molar-refractivity contribution in [2.24, 2.45) is 5.92 Å². The Hall–Kier alpha value is -2.04. The van der Waals surface area contributed by atoms with Crippen molar-refractivity contribution in [3.63, 3.8) is 0 Å². The van der Waals surface area contributed by atoms with Gasteiger partial charge < -0.3 is 15.1 Å². The number of aliphatic carboxylic acids is 1. The maximum Gasteiger partial charge on any atom is 0.308 e. The minimum Gasteiger partial charge on any atom is -0.506 e. The molecule has 5 nitrogen and oxygen atoms in total. The van der Waals surface area contributed by atoms with Gasteiger partial charge in [0.2, 0.25) is 5.91 Å². The minimum atomic E-state index is -0.975. The summed E-state index contributed by atoms with van der Waals surface area (Å²) in [6.45, 7) is 2.09. The third kappa shape index (κ3) is 2.16. The molecule has 1 aliphatic heterocycles. The van der Waals surface area contributed by atoms with Crippen LogP contribution < -0.4 is 4.90 Å². The van der Waals surface area contributed by atoms with E-state index >= 15 is 0 Å². The van der Waals surface area contributed by atoms with Crippen molar-refractivity contribution in [3.8, 4) is 5.75 Å². The normalized spacial score (nSPS) is 19.3. The lowest BCUT2D eigenvalue weighted by Gasteiger charge is -2.18. The second-order valence-electron chi connectivity index (χ2n) is 4.42. The molecule has 1 heterocycles. The van der Waals surface area contributed by atoms with Gasteiger partial charge in [-0.25, -0.2) is 0 Å². The van der Waals surface area contributed by atoms with E-state index in [1.165, 1.54) is 11.0 Å². The Labute approximate surface area is 105 Å². The van der Waals surface area contributed by atoms with E-state index < -0.39 is 11.9 Å². The van der Waals surface area contributed by atoms with Crippen LogP contribution >= 0.6 is 0 Å². The molecule has 0 saturated carbocycles. The number of aryl methyl sites for hydroxylation is 1.